The van der Waals surface area contributed by atoms with Gasteiger partial charge in [0.25, 0.3) is 5.91 Å². The van der Waals surface area contributed by atoms with E-state index in [1.54, 1.807) is 6.07 Å². The van der Waals surface area contributed by atoms with E-state index in [1.807, 2.05) is 23.1 Å². The lowest BCUT2D eigenvalue weighted by molar-refractivity contribution is 0.0597. The lowest BCUT2D eigenvalue weighted by Gasteiger charge is -2.39. The molecule has 0 N–H and O–H groups in total. The molecule has 1 amide bonds. The average molecular weight is 382 g/mol. The van der Waals surface area contributed by atoms with Gasteiger partial charge in [-0.25, -0.2) is 0 Å². The Morgan fingerprint density at radius 3 is 2.03 bits per heavy atom. The number of carbonyl (C=O) groups is 1. The van der Waals surface area contributed by atoms with E-state index in [0.29, 0.717) is 24.2 Å². The predicted octanol–water partition coefficient (Wildman–Crippen LogP) is 3.50. The van der Waals surface area contributed by atoms with Crippen LogP contribution in [-0.2, 0) is 0 Å². The summed E-state index contributed by atoms with van der Waals surface area (Å²) in [6.45, 7) is 2.86. The maximum Gasteiger partial charge on any atom is 0.255 e. The van der Waals surface area contributed by atoms with Crippen molar-refractivity contribution in [2.45, 2.75) is 6.04 Å². The Morgan fingerprint density at radius 1 is 0.897 bits per heavy atom. The van der Waals surface area contributed by atoms with E-state index < -0.39 is 0 Å². The molecule has 1 aliphatic rings. The molecule has 0 saturated carbocycles. The second-order valence-electron chi connectivity index (χ2n) is 7.13. The summed E-state index contributed by atoms with van der Waals surface area (Å²) in [5.74, 6) is -0.0646. The molecule has 0 bridgehead atoms. The van der Waals surface area contributed by atoms with Gasteiger partial charge in [-0.3, -0.25) is 14.7 Å². The van der Waals surface area contributed by atoms with Crippen molar-refractivity contribution in [2.75, 3.05) is 26.2 Å². The van der Waals surface area contributed by atoms with Crippen molar-refractivity contribution < 1.29 is 4.79 Å². The first kappa shape index (κ1) is 18.9. The number of benzene rings is 2. The SMILES string of the molecule is N#Cc1cncc(C(=O)N2CCN(C(c3ccccc3)c3ccccc3)CC2)c1. The topological polar surface area (TPSA) is 60.2 Å². The van der Waals surface area contributed by atoms with E-state index in [9.17, 15) is 4.79 Å². The van der Waals surface area contributed by atoms with Gasteiger partial charge in [-0.2, -0.15) is 5.26 Å². The molecule has 0 spiro atoms. The smallest absolute Gasteiger partial charge is 0.255 e. The van der Waals surface area contributed by atoms with Gasteiger partial charge in [0.1, 0.15) is 6.07 Å². The van der Waals surface area contributed by atoms with E-state index in [1.165, 1.54) is 23.5 Å². The number of nitriles is 1. The molecule has 29 heavy (non-hydrogen) atoms. The largest absolute Gasteiger partial charge is 0.336 e. The van der Waals surface area contributed by atoms with Crippen molar-refractivity contribution in [3.8, 4) is 6.07 Å². The van der Waals surface area contributed by atoms with Crippen LogP contribution in [0.25, 0.3) is 0 Å². The summed E-state index contributed by atoms with van der Waals surface area (Å²) in [6.07, 6.45) is 3.01. The Balaban J connectivity index is 1.51. The van der Waals surface area contributed by atoms with Crippen LogP contribution in [0.3, 0.4) is 0 Å². The number of pyridine rings is 1. The molecular weight excluding hydrogens is 360 g/mol. The zero-order valence-electron chi connectivity index (χ0n) is 16.1. The van der Waals surface area contributed by atoms with E-state index in [0.717, 1.165) is 13.1 Å². The Bertz CT molecular complexity index is 966. The highest BCUT2D eigenvalue weighted by molar-refractivity contribution is 5.94. The highest BCUT2D eigenvalue weighted by Gasteiger charge is 2.28. The van der Waals surface area contributed by atoms with Crippen LogP contribution in [0.5, 0.6) is 0 Å². The van der Waals surface area contributed by atoms with Gasteiger partial charge < -0.3 is 4.90 Å². The number of amides is 1. The summed E-state index contributed by atoms with van der Waals surface area (Å²) in [6, 6.07) is 24.8. The van der Waals surface area contributed by atoms with Crippen molar-refractivity contribution in [3.05, 3.63) is 101 Å². The second kappa shape index (κ2) is 8.68. The van der Waals surface area contributed by atoms with Gasteiger partial charge in [0, 0.05) is 38.6 Å². The molecule has 5 heteroatoms. The first-order valence-corrected chi connectivity index (χ1v) is 9.74. The summed E-state index contributed by atoms with van der Waals surface area (Å²) in [5.41, 5.74) is 3.39. The van der Waals surface area contributed by atoms with Crippen molar-refractivity contribution >= 4 is 5.91 Å². The molecule has 0 radical (unpaired) electrons. The Kier molecular flexibility index (Phi) is 5.64. The average Bonchev–Trinajstić information content (AvgIpc) is 2.81. The summed E-state index contributed by atoms with van der Waals surface area (Å²) in [7, 11) is 0. The number of hydrogen-bond donors (Lipinski definition) is 0. The Hall–Kier alpha value is -3.49. The van der Waals surface area contributed by atoms with E-state index >= 15 is 0 Å². The van der Waals surface area contributed by atoms with Crippen LogP contribution >= 0.6 is 0 Å². The maximum atomic E-state index is 12.8. The molecule has 0 unspecified atom stereocenters. The summed E-state index contributed by atoms with van der Waals surface area (Å²) < 4.78 is 0. The molecule has 5 nitrogen and oxygen atoms in total. The first-order chi connectivity index (χ1) is 14.3. The quantitative estimate of drug-likeness (QED) is 0.693. The maximum absolute atomic E-state index is 12.8. The fourth-order valence-corrected chi connectivity index (χ4v) is 3.87. The molecule has 3 aromatic rings. The van der Waals surface area contributed by atoms with Gasteiger partial charge in [0.05, 0.1) is 17.2 Å². The van der Waals surface area contributed by atoms with Crippen LogP contribution in [0.15, 0.2) is 79.1 Å². The molecule has 0 aliphatic carbocycles. The predicted molar refractivity (Wildman–Crippen MR) is 111 cm³/mol. The molecular formula is C24H22N4O. The number of carbonyl (C=O) groups excluding carboxylic acids is 1. The zero-order valence-corrected chi connectivity index (χ0v) is 16.1. The highest BCUT2D eigenvalue weighted by Crippen LogP contribution is 2.29. The summed E-state index contributed by atoms with van der Waals surface area (Å²) in [4.78, 5) is 21.1. The zero-order chi connectivity index (χ0) is 20.1. The minimum atomic E-state index is -0.0646. The minimum absolute atomic E-state index is 0.0646. The number of nitrogens with zero attached hydrogens (tertiary/aromatic N) is 4. The van der Waals surface area contributed by atoms with E-state index in [4.69, 9.17) is 5.26 Å². The Labute approximate surface area is 170 Å². The van der Waals surface area contributed by atoms with Crippen molar-refractivity contribution in [3.63, 3.8) is 0 Å². The molecule has 2 aromatic carbocycles. The number of aromatic nitrogens is 1. The third-order valence-corrected chi connectivity index (χ3v) is 5.31. The van der Waals surface area contributed by atoms with Gasteiger partial charge in [0.2, 0.25) is 0 Å². The summed E-state index contributed by atoms with van der Waals surface area (Å²) in [5, 5.41) is 9.04. The van der Waals surface area contributed by atoms with Gasteiger partial charge >= 0.3 is 0 Å². The van der Waals surface area contributed by atoms with Crippen LogP contribution in [0, 0.1) is 11.3 Å². The van der Waals surface area contributed by atoms with Crippen molar-refractivity contribution in [2.24, 2.45) is 0 Å². The van der Waals surface area contributed by atoms with Gasteiger partial charge in [-0.15, -0.1) is 0 Å². The second-order valence-corrected chi connectivity index (χ2v) is 7.13. The van der Waals surface area contributed by atoms with E-state index in [-0.39, 0.29) is 11.9 Å². The Morgan fingerprint density at radius 2 is 1.48 bits per heavy atom. The van der Waals surface area contributed by atoms with Crippen molar-refractivity contribution in [1.29, 1.82) is 5.26 Å². The fourth-order valence-electron chi connectivity index (χ4n) is 3.87. The van der Waals surface area contributed by atoms with Crippen LogP contribution in [0.4, 0.5) is 0 Å². The molecule has 2 heterocycles. The molecule has 1 aromatic heterocycles. The number of rotatable bonds is 4. The molecule has 1 aliphatic heterocycles. The number of piperazine rings is 1. The van der Waals surface area contributed by atoms with Crippen molar-refractivity contribution in [1.82, 2.24) is 14.8 Å². The lowest BCUT2D eigenvalue weighted by Crippen LogP contribution is -2.49. The lowest BCUT2D eigenvalue weighted by atomic mass is 9.96. The van der Waals surface area contributed by atoms with Crippen LogP contribution in [0.1, 0.15) is 33.1 Å². The molecule has 1 fully saturated rings. The monoisotopic (exact) mass is 382 g/mol. The normalized spacial score (nSPS) is 14.6. The van der Waals surface area contributed by atoms with Gasteiger partial charge in [-0.1, -0.05) is 60.7 Å². The van der Waals surface area contributed by atoms with Crippen LogP contribution < -0.4 is 0 Å². The third-order valence-electron chi connectivity index (χ3n) is 5.31. The number of hydrogen-bond acceptors (Lipinski definition) is 4. The van der Waals surface area contributed by atoms with Gasteiger partial charge in [-0.05, 0) is 17.2 Å². The van der Waals surface area contributed by atoms with Crippen LogP contribution in [0.2, 0.25) is 0 Å². The minimum Gasteiger partial charge on any atom is -0.336 e. The van der Waals surface area contributed by atoms with E-state index in [2.05, 4.69) is 58.4 Å². The molecule has 4 rings (SSSR count). The standard InChI is InChI=1S/C24H22N4O/c25-16-19-15-22(18-26-17-19)24(29)28-13-11-27(12-14-28)23(20-7-3-1-4-8-20)21-9-5-2-6-10-21/h1-10,15,17-18,23H,11-14H2. The van der Waals surface area contributed by atoms with Gasteiger partial charge in [0.15, 0.2) is 0 Å². The molecule has 1 saturated heterocycles. The highest BCUT2D eigenvalue weighted by atomic mass is 16.2. The first-order valence-electron chi connectivity index (χ1n) is 9.74. The summed E-state index contributed by atoms with van der Waals surface area (Å²) >= 11 is 0. The third kappa shape index (κ3) is 4.18. The molecule has 144 valence electrons. The molecule has 0 atom stereocenters. The fraction of sp³-hybridized carbons (Fsp3) is 0.208. The van der Waals surface area contributed by atoms with Crippen LogP contribution in [-0.4, -0.2) is 46.9 Å².